The lowest BCUT2D eigenvalue weighted by Gasteiger charge is -2.31. The van der Waals surface area contributed by atoms with Crippen LogP contribution in [-0.2, 0) is 9.53 Å². The van der Waals surface area contributed by atoms with E-state index < -0.39 is 5.60 Å². The van der Waals surface area contributed by atoms with Crippen molar-refractivity contribution < 1.29 is 9.53 Å². The van der Waals surface area contributed by atoms with Crippen LogP contribution < -0.4 is 5.32 Å². The van der Waals surface area contributed by atoms with E-state index in [-0.39, 0.29) is 11.4 Å². The van der Waals surface area contributed by atoms with Crippen molar-refractivity contribution in [3.05, 3.63) is 0 Å². The van der Waals surface area contributed by atoms with E-state index in [1.165, 1.54) is 12.8 Å². The molecule has 0 saturated heterocycles. The van der Waals surface area contributed by atoms with Crippen LogP contribution in [0.5, 0.6) is 0 Å². The van der Waals surface area contributed by atoms with Gasteiger partial charge in [-0.2, -0.15) is 0 Å². The minimum Gasteiger partial charge on any atom is -0.369 e. The maximum Gasteiger partial charge on any atom is 0.252 e. The van der Waals surface area contributed by atoms with Crippen LogP contribution in [0.2, 0.25) is 0 Å². The zero-order valence-corrected chi connectivity index (χ0v) is 9.81. The third-order valence-corrected chi connectivity index (χ3v) is 3.09. The zero-order chi connectivity index (χ0) is 11.0. The lowest BCUT2D eigenvalue weighted by Crippen LogP contribution is -2.53. The monoisotopic (exact) mass is 199 g/mol. The van der Waals surface area contributed by atoms with E-state index in [4.69, 9.17) is 4.74 Å². The zero-order valence-electron chi connectivity index (χ0n) is 9.81. The first-order valence-electron chi connectivity index (χ1n) is 5.17. The summed E-state index contributed by atoms with van der Waals surface area (Å²) in [4.78, 5) is 11.8. The Balaban J connectivity index is 2.55. The third kappa shape index (κ3) is 2.47. The summed E-state index contributed by atoms with van der Waals surface area (Å²) in [6.07, 6.45) is 2.45. The average Bonchev–Trinajstić information content (AvgIpc) is 2.85. The van der Waals surface area contributed by atoms with Gasteiger partial charge in [0.05, 0.1) is 0 Å². The van der Waals surface area contributed by atoms with Crippen molar-refractivity contribution in [1.29, 1.82) is 0 Å². The van der Waals surface area contributed by atoms with Gasteiger partial charge in [0.15, 0.2) is 0 Å². The molecule has 0 aliphatic heterocycles. The lowest BCUT2D eigenvalue weighted by molar-refractivity contribution is -0.141. The number of ether oxygens (including phenoxy) is 1. The number of nitrogens with one attached hydrogen (secondary N) is 1. The van der Waals surface area contributed by atoms with Crippen molar-refractivity contribution in [2.24, 2.45) is 5.92 Å². The molecule has 0 aromatic rings. The van der Waals surface area contributed by atoms with Gasteiger partial charge < -0.3 is 10.1 Å². The van der Waals surface area contributed by atoms with E-state index in [9.17, 15) is 4.79 Å². The van der Waals surface area contributed by atoms with Gasteiger partial charge in [-0.25, -0.2) is 0 Å². The lowest BCUT2D eigenvalue weighted by atomic mass is 9.97. The first-order valence-corrected chi connectivity index (χ1v) is 5.17. The average molecular weight is 199 g/mol. The molecule has 1 aliphatic rings. The molecule has 82 valence electrons. The van der Waals surface area contributed by atoms with Crippen LogP contribution in [0.15, 0.2) is 0 Å². The van der Waals surface area contributed by atoms with E-state index in [2.05, 4.69) is 19.2 Å². The summed E-state index contributed by atoms with van der Waals surface area (Å²) in [5, 5.41) is 3.05. The Morgan fingerprint density at radius 3 is 2.14 bits per heavy atom. The highest BCUT2D eigenvalue weighted by Crippen LogP contribution is 2.39. The largest absolute Gasteiger partial charge is 0.369 e. The molecular weight excluding hydrogens is 178 g/mol. The van der Waals surface area contributed by atoms with Crippen molar-refractivity contribution in [3.63, 3.8) is 0 Å². The fourth-order valence-electron chi connectivity index (χ4n) is 1.44. The standard InChI is InChI=1S/C11H21NO2/c1-10(2,8-6-7-8)12-9(13)11(3,4)14-5/h8H,6-7H2,1-5H3,(H,12,13). The van der Waals surface area contributed by atoms with E-state index in [0.717, 1.165) is 0 Å². The first-order chi connectivity index (χ1) is 6.29. The fraction of sp³-hybridized carbons (Fsp3) is 0.909. The summed E-state index contributed by atoms with van der Waals surface area (Å²) in [5.41, 5.74) is -0.820. The van der Waals surface area contributed by atoms with Gasteiger partial charge in [0, 0.05) is 12.6 Å². The Hall–Kier alpha value is -0.570. The highest BCUT2D eigenvalue weighted by Gasteiger charge is 2.41. The summed E-state index contributed by atoms with van der Waals surface area (Å²) in [6, 6.07) is 0. The van der Waals surface area contributed by atoms with Gasteiger partial charge in [-0.1, -0.05) is 0 Å². The van der Waals surface area contributed by atoms with Crippen molar-refractivity contribution in [3.8, 4) is 0 Å². The predicted octanol–water partition coefficient (Wildman–Crippen LogP) is 1.72. The summed E-state index contributed by atoms with van der Waals surface area (Å²) in [5.74, 6) is 0.607. The smallest absolute Gasteiger partial charge is 0.252 e. The summed E-state index contributed by atoms with van der Waals surface area (Å²) in [6.45, 7) is 7.72. The van der Waals surface area contributed by atoms with Gasteiger partial charge in [-0.05, 0) is 46.5 Å². The van der Waals surface area contributed by atoms with E-state index >= 15 is 0 Å². The van der Waals surface area contributed by atoms with E-state index in [0.29, 0.717) is 5.92 Å². The van der Waals surface area contributed by atoms with E-state index in [1.54, 1.807) is 21.0 Å². The Labute approximate surface area is 86.2 Å². The maximum atomic E-state index is 11.8. The predicted molar refractivity (Wildman–Crippen MR) is 56.0 cm³/mol. The molecule has 1 aliphatic carbocycles. The fourth-order valence-corrected chi connectivity index (χ4v) is 1.44. The number of carbonyl (C=O) groups is 1. The van der Waals surface area contributed by atoms with Crippen LogP contribution in [-0.4, -0.2) is 24.2 Å². The highest BCUT2D eigenvalue weighted by molar-refractivity contribution is 5.84. The summed E-state index contributed by atoms with van der Waals surface area (Å²) in [7, 11) is 1.56. The van der Waals surface area contributed by atoms with Crippen LogP contribution in [0.1, 0.15) is 40.5 Å². The molecule has 0 spiro atoms. The van der Waals surface area contributed by atoms with Crippen molar-refractivity contribution in [2.75, 3.05) is 7.11 Å². The second-order valence-electron chi connectivity index (χ2n) is 5.16. The maximum absolute atomic E-state index is 11.8. The number of hydrogen-bond acceptors (Lipinski definition) is 2. The van der Waals surface area contributed by atoms with Crippen molar-refractivity contribution in [2.45, 2.75) is 51.7 Å². The van der Waals surface area contributed by atoms with Gasteiger partial charge in [0.2, 0.25) is 0 Å². The Morgan fingerprint density at radius 1 is 1.29 bits per heavy atom. The molecule has 3 heteroatoms. The normalized spacial score (nSPS) is 18.1. The second kappa shape index (κ2) is 3.54. The number of carbonyl (C=O) groups excluding carboxylic acids is 1. The van der Waals surface area contributed by atoms with Crippen molar-refractivity contribution in [1.82, 2.24) is 5.32 Å². The Kier molecular flexibility index (Phi) is 2.91. The van der Waals surface area contributed by atoms with Crippen molar-refractivity contribution >= 4 is 5.91 Å². The highest BCUT2D eigenvalue weighted by atomic mass is 16.5. The van der Waals surface area contributed by atoms with Gasteiger partial charge in [0.25, 0.3) is 5.91 Å². The molecule has 0 bridgehead atoms. The molecule has 0 aromatic heterocycles. The molecule has 1 fully saturated rings. The first kappa shape index (κ1) is 11.5. The van der Waals surface area contributed by atoms with Gasteiger partial charge in [0.1, 0.15) is 5.60 Å². The molecule has 0 radical (unpaired) electrons. The third-order valence-electron chi connectivity index (χ3n) is 3.09. The quantitative estimate of drug-likeness (QED) is 0.748. The van der Waals surface area contributed by atoms with Gasteiger partial charge >= 0.3 is 0 Å². The molecule has 0 atom stereocenters. The Bertz CT molecular complexity index is 229. The molecule has 1 amide bonds. The van der Waals surface area contributed by atoms with Crippen LogP contribution in [0.25, 0.3) is 0 Å². The van der Waals surface area contributed by atoms with Crippen LogP contribution in [0, 0.1) is 5.92 Å². The van der Waals surface area contributed by atoms with Gasteiger partial charge in [-0.3, -0.25) is 4.79 Å². The molecule has 0 unspecified atom stereocenters. The molecule has 0 aromatic carbocycles. The SMILES string of the molecule is COC(C)(C)C(=O)NC(C)(C)C1CC1. The van der Waals surface area contributed by atoms with Gasteiger partial charge in [-0.15, -0.1) is 0 Å². The molecule has 3 nitrogen and oxygen atoms in total. The molecule has 1 rings (SSSR count). The van der Waals surface area contributed by atoms with Crippen LogP contribution in [0.4, 0.5) is 0 Å². The number of amides is 1. The molecule has 1 N–H and O–H groups in total. The number of rotatable bonds is 4. The molecule has 0 heterocycles. The minimum absolute atomic E-state index is 0.0306. The molecular formula is C11H21NO2. The summed E-state index contributed by atoms with van der Waals surface area (Å²) < 4.78 is 5.13. The topological polar surface area (TPSA) is 38.3 Å². The van der Waals surface area contributed by atoms with Crippen LogP contribution in [0.3, 0.4) is 0 Å². The molecule has 14 heavy (non-hydrogen) atoms. The second-order valence-corrected chi connectivity index (χ2v) is 5.16. The number of hydrogen-bond donors (Lipinski definition) is 1. The minimum atomic E-state index is -0.730. The molecule has 1 saturated carbocycles. The number of methoxy groups -OCH3 is 1. The summed E-state index contributed by atoms with van der Waals surface area (Å²) >= 11 is 0. The van der Waals surface area contributed by atoms with E-state index in [1.807, 2.05) is 0 Å². The Morgan fingerprint density at radius 2 is 1.79 bits per heavy atom. The van der Waals surface area contributed by atoms with Crippen LogP contribution >= 0.6 is 0 Å².